The molecule has 0 aliphatic rings. The van der Waals surface area contributed by atoms with Crippen LogP contribution in [0.1, 0.15) is 25.8 Å². The van der Waals surface area contributed by atoms with Crippen molar-refractivity contribution < 1.29 is 22.7 Å². The molecular formula is C21H28N2O5S. The van der Waals surface area contributed by atoms with E-state index in [1.165, 1.54) is 32.4 Å². The number of nitrogens with one attached hydrogen (secondary N) is 1. The Morgan fingerprint density at radius 2 is 1.69 bits per heavy atom. The summed E-state index contributed by atoms with van der Waals surface area (Å²) in [5, 5.41) is 2.82. The molecule has 7 nitrogen and oxygen atoms in total. The summed E-state index contributed by atoms with van der Waals surface area (Å²) in [6.45, 7) is 5.40. The SMILES string of the molecule is CC[C@@H](C)NC(=O)CN(c1ccc(C)cc1)S(=O)(=O)c1ccc(OC)c(OC)c1. The van der Waals surface area contributed by atoms with E-state index in [-0.39, 0.29) is 23.4 Å². The highest BCUT2D eigenvalue weighted by atomic mass is 32.2. The Bertz CT molecular complexity index is 942. The summed E-state index contributed by atoms with van der Waals surface area (Å²) in [6.07, 6.45) is 0.749. The zero-order chi connectivity index (χ0) is 21.6. The number of hydrogen-bond donors (Lipinski definition) is 1. The minimum absolute atomic E-state index is 0.00654. The van der Waals surface area contributed by atoms with Gasteiger partial charge in [0.05, 0.1) is 24.8 Å². The van der Waals surface area contributed by atoms with Gasteiger partial charge in [0.2, 0.25) is 5.91 Å². The van der Waals surface area contributed by atoms with Gasteiger partial charge in [0, 0.05) is 12.1 Å². The fraction of sp³-hybridized carbons (Fsp3) is 0.381. The molecule has 1 amide bonds. The highest BCUT2D eigenvalue weighted by Crippen LogP contribution is 2.32. The Labute approximate surface area is 172 Å². The standard InChI is InChI=1S/C21H28N2O5S/c1-6-16(3)22-21(24)14-23(17-9-7-15(2)8-10-17)29(25,26)18-11-12-19(27-4)20(13-18)28-5/h7-13,16H,6,14H2,1-5H3,(H,22,24)/t16-/m1/s1. The van der Waals surface area contributed by atoms with Crippen LogP contribution in [0.2, 0.25) is 0 Å². The van der Waals surface area contributed by atoms with Gasteiger partial charge in [-0.25, -0.2) is 8.42 Å². The average molecular weight is 421 g/mol. The molecule has 0 aromatic heterocycles. The maximum Gasteiger partial charge on any atom is 0.264 e. The van der Waals surface area contributed by atoms with Gasteiger partial charge in [-0.1, -0.05) is 24.6 Å². The van der Waals surface area contributed by atoms with Gasteiger partial charge in [0.1, 0.15) is 6.54 Å². The summed E-state index contributed by atoms with van der Waals surface area (Å²) < 4.78 is 38.4. The monoisotopic (exact) mass is 420 g/mol. The van der Waals surface area contributed by atoms with Gasteiger partial charge in [-0.2, -0.15) is 0 Å². The van der Waals surface area contributed by atoms with Crippen molar-refractivity contribution in [3.8, 4) is 11.5 Å². The molecule has 0 aliphatic carbocycles. The number of amides is 1. The summed E-state index contributed by atoms with van der Waals surface area (Å²) >= 11 is 0. The van der Waals surface area contributed by atoms with E-state index in [1.807, 2.05) is 20.8 Å². The summed E-state index contributed by atoms with van der Waals surface area (Å²) in [5.74, 6) is 0.341. The molecule has 8 heteroatoms. The van der Waals surface area contributed by atoms with Gasteiger partial charge in [0.25, 0.3) is 10.0 Å². The van der Waals surface area contributed by atoms with Crippen molar-refractivity contribution in [3.05, 3.63) is 48.0 Å². The minimum atomic E-state index is -4.03. The van der Waals surface area contributed by atoms with E-state index >= 15 is 0 Å². The molecule has 1 N–H and O–H groups in total. The zero-order valence-corrected chi connectivity index (χ0v) is 18.2. The second-order valence-electron chi connectivity index (χ2n) is 6.74. The third kappa shape index (κ3) is 5.41. The smallest absolute Gasteiger partial charge is 0.264 e. The van der Waals surface area contributed by atoms with Crippen LogP contribution < -0.4 is 19.1 Å². The van der Waals surface area contributed by atoms with Crippen LogP contribution in [0.4, 0.5) is 5.69 Å². The number of benzene rings is 2. The van der Waals surface area contributed by atoms with Gasteiger partial charge >= 0.3 is 0 Å². The summed E-state index contributed by atoms with van der Waals surface area (Å²) in [6, 6.07) is 11.3. The molecule has 0 bridgehead atoms. The second-order valence-corrected chi connectivity index (χ2v) is 8.60. The van der Waals surface area contributed by atoms with Gasteiger partial charge < -0.3 is 14.8 Å². The van der Waals surface area contributed by atoms with Crippen LogP contribution in [-0.2, 0) is 14.8 Å². The van der Waals surface area contributed by atoms with Crippen molar-refractivity contribution >= 4 is 21.6 Å². The topological polar surface area (TPSA) is 84.9 Å². The van der Waals surface area contributed by atoms with Crippen molar-refractivity contribution in [3.63, 3.8) is 0 Å². The number of hydrogen-bond acceptors (Lipinski definition) is 5. The molecular weight excluding hydrogens is 392 g/mol. The lowest BCUT2D eigenvalue weighted by molar-refractivity contribution is -0.120. The number of carbonyl (C=O) groups excluding carboxylic acids is 1. The predicted octanol–water partition coefficient (Wildman–Crippen LogP) is 3.12. The largest absolute Gasteiger partial charge is 0.493 e. The fourth-order valence-electron chi connectivity index (χ4n) is 2.68. The molecule has 2 rings (SSSR count). The van der Waals surface area contributed by atoms with Crippen molar-refractivity contribution in [2.75, 3.05) is 25.1 Å². The van der Waals surface area contributed by atoms with Crippen LogP contribution >= 0.6 is 0 Å². The number of nitrogens with zero attached hydrogens (tertiary/aromatic N) is 1. The molecule has 2 aromatic rings. The van der Waals surface area contributed by atoms with Gasteiger partial charge in [0.15, 0.2) is 11.5 Å². The normalized spacial score (nSPS) is 12.2. The molecule has 29 heavy (non-hydrogen) atoms. The lowest BCUT2D eigenvalue weighted by atomic mass is 10.2. The number of methoxy groups -OCH3 is 2. The lowest BCUT2D eigenvalue weighted by Gasteiger charge is -2.25. The van der Waals surface area contributed by atoms with Crippen molar-refractivity contribution in [2.24, 2.45) is 0 Å². The predicted molar refractivity (Wildman–Crippen MR) is 113 cm³/mol. The van der Waals surface area contributed by atoms with Crippen LogP contribution in [0.25, 0.3) is 0 Å². The number of anilines is 1. The molecule has 1 atom stereocenters. The zero-order valence-electron chi connectivity index (χ0n) is 17.4. The first-order valence-corrected chi connectivity index (χ1v) is 10.8. The van der Waals surface area contributed by atoms with Crippen molar-refractivity contribution in [1.29, 1.82) is 0 Å². The first-order valence-electron chi connectivity index (χ1n) is 9.33. The maximum absolute atomic E-state index is 13.4. The molecule has 158 valence electrons. The Hall–Kier alpha value is -2.74. The van der Waals surface area contributed by atoms with E-state index in [2.05, 4.69) is 5.32 Å². The van der Waals surface area contributed by atoms with Gasteiger partial charge in [-0.05, 0) is 44.5 Å². The van der Waals surface area contributed by atoms with E-state index in [4.69, 9.17) is 9.47 Å². The Morgan fingerprint density at radius 1 is 1.07 bits per heavy atom. The number of carbonyl (C=O) groups is 1. The molecule has 0 aliphatic heterocycles. The van der Waals surface area contributed by atoms with Crippen LogP contribution in [0, 0.1) is 6.92 Å². The molecule has 0 fully saturated rings. The van der Waals surface area contributed by atoms with Crippen molar-refractivity contribution in [1.82, 2.24) is 5.32 Å². The molecule has 2 aromatic carbocycles. The average Bonchev–Trinajstić information content (AvgIpc) is 2.71. The summed E-state index contributed by atoms with van der Waals surface area (Å²) in [5.41, 5.74) is 1.39. The van der Waals surface area contributed by atoms with E-state index in [0.29, 0.717) is 17.2 Å². The maximum atomic E-state index is 13.4. The Morgan fingerprint density at radius 3 is 2.24 bits per heavy atom. The number of ether oxygens (including phenoxy) is 2. The van der Waals surface area contributed by atoms with Crippen LogP contribution in [0.3, 0.4) is 0 Å². The van der Waals surface area contributed by atoms with E-state index in [9.17, 15) is 13.2 Å². The molecule has 0 radical (unpaired) electrons. The molecule has 0 heterocycles. The van der Waals surface area contributed by atoms with Gasteiger partial charge in [-0.15, -0.1) is 0 Å². The van der Waals surface area contributed by atoms with E-state index in [0.717, 1.165) is 16.3 Å². The summed E-state index contributed by atoms with van der Waals surface area (Å²) in [4.78, 5) is 12.5. The summed E-state index contributed by atoms with van der Waals surface area (Å²) in [7, 11) is -1.11. The molecule has 0 spiro atoms. The first-order chi connectivity index (χ1) is 13.7. The molecule has 0 saturated heterocycles. The quantitative estimate of drug-likeness (QED) is 0.674. The molecule has 0 saturated carbocycles. The minimum Gasteiger partial charge on any atom is -0.493 e. The number of aryl methyl sites for hydroxylation is 1. The van der Waals surface area contributed by atoms with Crippen LogP contribution in [-0.4, -0.2) is 41.1 Å². The molecule has 0 unspecified atom stereocenters. The third-order valence-electron chi connectivity index (χ3n) is 4.57. The van der Waals surface area contributed by atoms with Crippen molar-refractivity contribution in [2.45, 2.75) is 38.1 Å². The second kappa shape index (κ2) is 9.65. The van der Waals surface area contributed by atoms with E-state index < -0.39 is 10.0 Å². The number of sulfonamides is 1. The highest BCUT2D eigenvalue weighted by Gasteiger charge is 2.28. The Balaban J connectivity index is 2.48. The number of rotatable bonds is 9. The first kappa shape index (κ1) is 22.5. The van der Waals surface area contributed by atoms with E-state index in [1.54, 1.807) is 24.3 Å². The highest BCUT2D eigenvalue weighted by molar-refractivity contribution is 7.92. The van der Waals surface area contributed by atoms with Crippen LogP contribution in [0.5, 0.6) is 11.5 Å². The Kier molecular flexibility index (Phi) is 7.50. The van der Waals surface area contributed by atoms with Crippen LogP contribution in [0.15, 0.2) is 47.4 Å². The van der Waals surface area contributed by atoms with Gasteiger partial charge in [-0.3, -0.25) is 9.10 Å². The lowest BCUT2D eigenvalue weighted by Crippen LogP contribution is -2.43. The third-order valence-corrected chi connectivity index (χ3v) is 6.34. The fourth-order valence-corrected chi connectivity index (χ4v) is 4.12.